The molecule has 0 spiro atoms. The third kappa shape index (κ3) is 5.06. The molecule has 0 amide bonds. The molecular formula is C52H31N3OS. The molecule has 0 atom stereocenters. The Bertz CT molecular complexity index is 3510. The van der Waals surface area contributed by atoms with Crippen molar-refractivity contribution >= 4 is 75.4 Å². The zero-order valence-electron chi connectivity index (χ0n) is 30.6. The summed E-state index contributed by atoms with van der Waals surface area (Å²) in [6.45, 7) is 0. The Kier molecular flexibility index (Phi) is 7.06. The van der Waals surface area contributed by atoms with E-state index in [1.807, 2.05) is 12.1 Å². The molecule has 12 aromatic rings. The molecule has 4 aromatic heterocycles. The fourth-order valence-electron chi connectivity index (χ4n) is 8.57. The first kappa shape index (κ1) is 32.0. The average Bonchev–Trinajstić information content (AvgIpc) is 3.96. The van der Waals surface area contributed by atoms with Gasteiger partial charge in [0, 0.05) is 48.4 Å². The van der Waals surface area contributed by atoms with E-state index in [9.17, 15) is 0 Å². The van der Waals surface area contributed by atoms with Gasteiger partial charge in [0.25, 0.3) is 0 Å². The quantitative estimate of drug-likeness (QED) is 0.176. The largest absolute Gasteiger partial charge is 0.456 e. The number of rotatable bonds is 5. The molecule has 0 radical (unpaired) electrons. The van der Waals surface area contributed by atoms with E-state index in [2.05, 4.69) is 180 Å². The third-order valence-corrected chi connectivity index (χ3v) is 12.4. The number of furan rings is 1. The summed E-state index contributed by atoms with van der Waals surface area (Å²) in [6, 6.07) is 66.6. The number of fused-ring (bicyclic) bond motifs is 9. The fourth-order valence-corrected chi connectivity index (χ4v) is 9.70. The van der Waals surface area contributed by atoms with Crippen LogP contribution in [0.5, 0.6) is 0 Å². The van der Waals surface area contributed by atoms with E-state index in [1.165, 1.54) is 37.6 Å². The highest BCUT2D eigenvalue weighted by molar-refractivity contribution is 7.26. The first-order chi connectivity index (χ1) is 28.2. The first-order valence-electron chi connectivity index (χ1n) is 19.1. The number of nitrogens with zero attached hydrogens (tertiary/aromatic N) is 3. The molecule has 4 nitrogen and oxygen atoms in total. The Balaban J connectivity index is 1.06. The smallest absolute Gasteiger partial charge is 0.161 e. The lowest BCUT2D eigenvalue weighted by molar-refractivity contribution is 0.669. The van der Waals surface area contributed by atoms with E-state index < -0.39 is 0 Å². The Hall–Kier alpha value is -7.34. The van der Waals surface area contributed by atoms with Gasteiger partial charge < -0.3 is 8.98 Å². The van der Waals surface area contributed by atoms with Gasteiger partial charge in [0.2, 0.25) is 0 Å². The summed E-state index contributed by atoms with van der Waals surface area (Å²) in [6.07, 6.45) is 0. The molecule has 5 heteroatoms. The van der Waals surface area contributed by atoms with Crippen molar-refractivity contribution in [2.24, 2.45) is 0 Å². The lowest BCUT2D eigenvalue weighted by Gasteiger charge is -2.09. The van der Waals surface area contributed by atoms with Gasteiger partial charge in [-0.3, -0.25) is 0 Å². The van der Waals surface area contributed by atoms with Crippen molar-refractivity contribution in [1.29, 1.82) is 0 Å². The van der Waals surface area contributed by atoms with Gasteiger partial charge in [0.05, 0.1) is 26.9 Å². The van der Waals surface area contributed by atoms with Gasteiger partial charge in [-0.15, -0.1) is 11.3 Å². The van der Waals surface area contributed by atoms with Crippen LogP contribution in [0.3, 0.4) is 0 Å². The van der Waals surface area contributed by atoms with E-state index >= 15 is 0 Å². The second-order valence-corrected chi connectivity index (χ2v) is 15.6. The zero-order chi connectivity index (χ0) is 37.5. The molecule has 0 saturated carbocycles. The monoisotopic (exact) mass is 745 g/mol. The second-order valence-electron chi connectivity index (χ2n) is 14.5. The minimum atomic E-state index is 0.681. The minimum absolute atomic E-state index is 0.681. The van der Waals surface area contributed by atoms with Crippen molar-refractivity contribution in [3.8, 4) is 50.6 Å². The highest BCUT2D eigenvalue weighted by Crippen LogP contribution is 2.44. The standard InChI is InChI=1S/C52H31N3OS/c1-4-13-32(14-5-1)34-25-28-47-42(31-34)50-51(57-47)49(33-15-6-2-7-16-33)53-52(54-50)39-20-12-22-46-48(39)41-30-36(24-27-45(41)56-46)35-23-26-44-40(29-35)38-19-10-11-21-43(38)55(44)37-17-8-3-9-18-37/h1-31H. The maximum Gasteiger partial charge on any atom is 0.161 e. The predicted octanol–water partition coefficient (Wildman–Crippen LogP) is 14.5. The van der Waals surface area contributed by atoms with Crippen molar-refractivity contribution in [3.05, 3.63) is 188 Å². The Labute approximate surface area is 331 Å². The van der Waals surface area contributed by atoms with Crippen molar-refractivity contribution in [3.63, 3.8) is 0 Å². The molecule has 0 fully saturated rings. The van der Waals surface area contributed by atoms with Crippen molar-refractivity contribution < 1.29 is 4.42 Å². The van der Waals surface area contributed by atoms with Crippen molar-refractivity contribution in [2.75, 3.05) is 0 Å². The topological polar surface area (TPSA) is 43.9 Å². The average molecular weight is 746 g/mol. The molecule has 4 heterocycles. The van der Waals surface area contributed by atoms with Crippen LogP contribution in [0.1, 0.15) is 0 Å². The molecule has 0 N–H and O–H groups in total. The molecule has 266 valence electrons. The summed E-state index contributed by atoms with van der Waals surface area (Å²) in [4.78, 5) is 10.8. The number of benzene rings is 8. The molecule has 0 unspecified atom stereocenters. The highest BCUT2D eigenvalue weighted by atomic mass is 32.1. The van der Waals surface area contributed by atoms with Gasteiger partial charge in [0.15, 0.2) is 5.82 Å². The molecule has 57 heavy (non-hydrogen) atoms. The molecule has 0 saturated heterocycles. The molecule has 0 aliphatic heterocycles. The summed E-state index contributed by atoms with van der Waals surface area (Å²) in [5.74, 6) is 0.681. The van der Waals surface area contributed by atoms with E-state index in [4.69, 9.17) is 14.4 Å². The molecule has 8 aromatic carbocycles. The maximum atomic E-state index is 6.55. The van der Waals surface area contributed by atoms with Crippen LogP contribution in [0.15, 0.2) is 192 Å². The van der Waals surface area contributed by atoms with Gasteiger partial charge in [-0.05, 0) is 82.9 Å². The summed E-state index contributed by atoms with van der Waals surface area (Å²) in [7, 11) is 0. The molecule has 12 rings (SSSR count). The maximum absolute atomic E-state index is 6.55. The Morgan fingerprint density at radius 2 is 1.09 bits per heavy atom. The van der Waals surface area contributed by atoms with E-state index in [-0.39, 0.29) is 0 Å². The van der Waals surface area contributed by atoms with Gasteiger partial charge >= 0.3 is 0 Å². The normalized spacial score (nSPS) is 11.9. The lowest BCUT2D eigenvalue weighted by atomic mass is 9.99. The third-order valence-electron chi connectivity index (χ3n) is 11.2. The SMILES string of the molecule is c1ccc(-c2ccc3sc4c(-c5ccccc5)nc(-c5cccc6oc7ccc(-c8ccc9c(c8)c8ccccc8n9-c8ccccc8)cc7c56)nc4c3c2)cc1. The summed E-state index contributed by atoms with van der Waals surface area (Å²) < 4.78 is 11.2. The first-order valence-corrected chi connectivity index (χ1v) is 20.0. The van der Waals surface area contributed by atoms with Crippen LogP contribution >= 0.6 is 11.3 Å². The van der Waals surface area contributed by atoms with Crippen molar-refractivity contribution in [2.45, 2.75) is 0 Å². The number of hydrogen-bond donors (Lipinski definition) is 0. The lowest BCUT2D eigenvalue weighted by Crippen LogP contribution is -1.94. The van der Waals surface area contributed by atoms with Gasteiger partial charge in [-0.2, -0.15) is 0 Å². The Morgan fingerprint density at radius 1 is 0.439 bits per heavy atom. The fraction of sp³-hybridized carbons (Fsp3) is 0. The molecule has 0 bridgehead atoms. The molecule has 0 aliphatic carbocycles. The van der Waals surface area contributed by atoms with E-state index in [0.717, 1.165) is 71.2 Å². The van der Waals surface area contributed by atoms with Crippen LogP contribution in [0.2, 0.25) is 0 Å². The van der Waals surface area contributed by atoms with Crippen LogP contribution < -0.4 is 0 Å². The molecular weight excluding hydrogens is 715 g/mol. The van der Waals surface area contributed by atoms with Crippen molar-refractivity contribution in [1.82, 2.24) is 14.5 Å². The highest BCUT2D eigenvalue weighted by Gasteiger charge is 2.21. The van der Waals surface area contributed by atoms with E-state index in [1.54, 1.807) is 11.3 Å². The summed E-state index contributed by atoms with van der Waals surface area (Å²) in [5.41, 5.74) is 13.7. The number of hydrogen-bond acceptors (Lipinski definition) is 4. The number of thiophene rings is 1. The number of aromatic nitrogens is 3. The van der Waals surface area contributed by atoms with Gasteiger partial charge in [0.1, 0.15) is 11.2 Å². The second kappa shape index (κ2) is 12.6. The predicted molar refractivity (Wildman–Crippen MR) is 238 cm³/mol. The van der Waals surface area contributed by atoms with Crippen LogP contribution in [-0.2, 0) is 0 Å². The molecule has 0 aliphatic rings. The van der Waals surface area contributed by atoms with Gasteiger partial charge in [-0.25, -0.2) is 9.97 Å². The number of para-hydroxylation sites is 2. The van der Waals surface area contributed by atoms with Crippen LogP contribution in [-0.4, -0.2) is 14.5 Å². The summed E-state index contributed by atoms with van der Waals surface area (Å²) >= 11 is 1.75. The summed E-state index contributed by atoms with van der Waals surface area (Å²) in [5, 5.41) is 5.63. The van der Waals surface area contributed by atoms with E-state index in [0.29, 0.717) is 5.82 Å². The van der Waals surface area contributed by atoms with Crippen LogP contribution in [0.4, 0.5) is 0 Å². The van der Waals surface area contributed by atoms with Gasteiger partial charge in [-0.1, -0.05) is 127 Å². The minimum Gasteiger partial charge on any atom is -0.456 e. The zero-order valence-corrected chi connectivity index (χ0v) is 31.4. The van der Waals surface area contributed by atoms with Crippen LogP contribution in [0.25, 0.3) is 115 Å². The Morgan fingerprint density at radius 3 is 1.91 bits per heavy atom. The van der Waals surface area contributed by atoms with Crippen LogP contribution in [0, 0.1) is 0 Å².